The van der Waals surface area contributed by atoms with E-state index in [2.05, 4.69) is 26.0 Å². The predicted molar refractivity (Wildman–Crippen MR) is 123 cm³/mol. The second-order valence-corrected chi connectivity index (χ2v) is 11.7. The van der Waals surface area contributed by atoms with Gasteiger partial charge >= 0.3 is 59.1 Å². The molecule has 186 valence electrons. The van der Waals surface area contributed by atoms with Crippen molar-refractivity contribution >= 4 is 52.4 Å². The minimum atomic E-state index is -5.03. The second-order valence-electron chi connectivity index (χ2n) is 7.55. The maximum absolute atomic E-state index is 11.8. The number of aromatic nitrogens is 4. The molecule has 0 aliphatic carbocycles. The van der Waals surface area contributed by atoms with E-state index in [1.165, 1.54) is 6.07 Å². The van der Waals surface area contributed by atoms with Crippen LogP contribution in [-0.4, -0.2) is 58.8 Å². The van der Waals surface area contributed by atoms with Gasteiger partial charge < -0.3 is 14.5 Å². The summed E-state index contributed by atoms with van der Waals surface area (Å²) in [6, 6.07) is 12.9. The number of aromatic amines is 2. The first-order chi connectivity index (χ1) is 16.7. The van der Waals surface area contributed by atoms with Crippen LogP contribution in [0.4, 0.5) is 0 Å². The van der Waals surface area contributed by atoms with Crippen LogP contribution in [0.15, 0.2) is 63.2 Å². The Bertz CT molecular complexity index is 2020. The third-order valence-corrected chi connectivity index (χ3v) is 7.76. The van der Waals surface area contributed by atoms with Crippen LogP contribution < -0.4 is 59.1 Å². The number of rotatable bonds is 5. The molecule has 13 nitrogen and oxygen atoms in total. The summed E-state index contributed by atoms with van der Waals surface area (Å²) >= 11 is 0. The summed E-state index contributed by atoms with van der Waals surface area (Å²) in [5.41, 5.74) is 0.912. The topological polar surface area (TPSA) is 223 Å². The largest absolute Gasteiger partial charge is 1.00 e. The number of fused-ring (bicyclic) bond motifs is 2. The van der Waals surface area contributed by atoms with Gasteiger partial charge in [-0.3, -0.25) is 14.1 Å². The average molecular weight is 595 g/mol. The van der Waals surface area contributed by atoms with Gasteiger partial charge in [-0.2, -0.15) is 26.6 Å². The molecule has 0 fully saturated rings. The van der Waals surface area contributed by atoms with Crippen molar-refractivity contribution in [1.29, 1.82) is 0 Å². The minimum absolute atomic E-state index is 0. The van der Waals surface area contributed by atoms with Crippen LogP contribution >= 0.6 is 0 Å². The number of H-pyrrole nitrogens is 2. The molecular formula is C20H12N4Na2O9S3. The molecule has 0 saturated heterocycles. The Hall–Kier alpha value is -1.67. The van der Waals surface area contributed by atoms with Crippen LogP contribution in [0.3, 0.4) is 0 Å². The molecule has 0 atom stereocenters. The molecule has 3 aromatic carbocycles. The summed E-state index contributed by atoms with van der Waals surface area (Å²) in [6.07, 6.45) is 0. The van der Waals surface area contributed by atoms with Gasteiger partial charge in [0.15, 0.2) is 0 Å². The molecule has 0 amide bonds. The number of nitrogens with zero attached hydrogens (tertiary/aromatic N) is 2. The molecule has 5 aromatic rings. The van der Waals surface area contributed by atoms with Crippen LogP contribution in [-0.2, 0) is 30.4 Å². The zero-order valence-electron chi connectivity index (χ0n) is 19.5. The molecule has 0 unspecified atom stereocenters. The first-order valence-electron chi connectivity index (χ1n) is 9.67. The van der Waals surface area contributed by atoms with Crippen molar-refractivity contribution < 1.29 is 98.0 Å². The molecular weight excluding hydrogens is 582 g/mol. The number of hydrogen-bond donors (Lipinski definition) is 4. The first-order valence-corrected chi connectivity index (χ1v) is 14.0. The fourth-order valence-electron chi connectivity index (χ4n) is 3.61. The van der Waals surface area contributed by atoms with Gasteiger partial charge in [-0.15, -0.1) is 0 Å². The van der Waals surface area contributed by atoms with Crippen molar-refractivity contribution in [2.75, 3.05) is 0 Å². The summed E-state index contributed by atoms with van der Waals surface area (Å²) in [5, 5.41) is 0. The predicted octanol–water partition coefficient (Wildman–Crippen LogP) is -4.02. The molecule has 38 heavy (non-hydrogen) atoms. The fourth-order valence-corrected chi connectivity index (χ4v) is 5.50. The van der Waals surface area contributed by atoms with Gasteiger partial charge in [-0.05, 0) is 17.6 Å². The number of benzene rings is 3. The Labute approximate surface area is 259 Å². The molecule has 2 heterocycles. The van der Waals surface area contributed by atoms with Crippen molar-refractivity contribution in [3.8, 4) is 22.8 Å². The van der Waals surface area contributed by atoms with Crippen molar-refractivity contribution in [2.45, 2.75) is 14.7 Å². The third-order valence-electron chi connectivity index (χ3n) is 5.21. The van der Waals surface area contributed by atoms with E-state index in [0.29, 0.717) is 22.7 Å². The van der Waals surface area contributed by atoms with E-state index in [4.69, 9.17) is 0 Å². The molecule has 5 rings (SSSR count). The quantitative estimate of drug-likeness (QED) is 0.0871. The molecule has 0 radical (unpaired) electrons. The monoisotopic (exact) mass is 594 g/mol. The average Bonchev–Trinajstić information content (AvgIpc) is 3.40. The maximum atomic E-state index is 11.8. The standard InChI is InChI=1S/C20H13N4O9S3.2Na/c25-34(26,27)12-8-14-18(16(9-12)36(31,32)33)24-20(22-14)11-6-4-10(5-7-11)19-21-13-2-1-3-15(17(13)23-19)35(28,29)30;;/h2-9H,(H,21,23)(H,22,24)(H,25,26,27)(H,28,29,30)(H,31,32,33);;/q-1;2*+1/p-1. The molecule has 0 aliphatic heterocycles. The van der Waals surface area contributed by atoms with Crippen LogP contribution in [0.5, 0.6) is 0 Å². The van der Waals surface area contributed by atoms with E-state index in [9.17, 15) is 38.9 Å². The summed E-state index contributed by atoms with van der Waals surface area (Å²) in [4.78, 5) is 11.9. The van der Waals surface area contributed by atoms with E-state index >= 15 is 0 Å². The second kappa shape index (κ2) is 10.7. The van der Waals surface area contributed by atoms with Gasteiger partial charge in [0.25, 0.3) is 10.1 Å². The van der Waals surface area contributed by atoms with E-state index in [-0.39, 0.29) is 87.3 Å². The molecule has 4 N–H and O–H groups in total. The van der Waals surface area contributed by atoms with Crippen molar-refractivity contribution in [1.82, 2.24) is 19.9 Å². The molecule has 2 aromatic heterocycles. The van der Waals surface area contributed by atoms with Gasteiger partial charge in [0.05, 0.1) is 10.4 Å². The fraction of sp³-hybridized carbons (Fsp3) is 0. The summed E-state index contributed by atoms with van der Waals surface area (Å²) in [7, 11) is -14.5. The maximum Gasteiger partial charge on any atom is 1.00 e. The van der Waals surface area contributed by atoms with Crippen molar-refractivity contribution in [2.24, 2.45) is 0 Å². The van der Waals surface area contributed by atoms with E-state index < -0.39 is 45.0 Å². The Morgan fingerprint density at radius 3 is 1.66 bits per heavy atom. The minimum Gasteiger partial charge on any atom is -0.744 e. The molecule has 0 spiro atoms. The van der Waals surface area contributed by atoms with Crippen molar-refractivity contribution in [3.05, 3.63) is 54.6 Å². The first kappa shape index (κ1) is 30.9. The van der Waals surface area contributed by atoms with Gasteiger partial charge in [-0.25, -0.2) is 21.8 Å². The van der Waals surface area contributed by atoms with Gasteiger partial charge in [-0.1, -0.05) is 24.3 Å². The zero-order chi connectivity index (χ0) is 26.0. The molecule has 0 saturated carbocycles. The Morgan fingerprint density at radius 2 is 1.18 bits per heavy atom. The zero-order valence-corrected chi connectivity index (χ0v) is 25.9. The van der Waals surface area contributed by atoms with E-state index in [0.717, 1.165) is 12.1 Å². The summed E-state index contributed by atoms with van der Waals surface area (Å²) in [6.45, 7) is 0. The third kappa shape index (κ3) is 5.91. The van der Waals surface area contributed by atoms with Crippen LogP contribution in [0.2, 0.25) is 0 Å². The Kier molecular flexibility index (Phi) is 8.71. The van der Waals surface area contributed by atoms with Gasteiger partial charge in [0.1, 0.15) is 32.2 Å². The van der Waals surface area contributed by atoms with Crippen LogP contribution in [0.25, 0.3) is 44.8 Å². The van der Waals surface area contributed by atoms with E-state index in [1.54, 1.807) is 24.3 Å². The normalized spacial score (nSPS) is 12.3. The number of imidazole rings is 2. The van der Waals surface area contributed by atoms with Crippen LogP contribution in [0, 0.1) is 6.07 Å². The molecule has 0 bridgehead atoms. The molecule has 18 heteroatoms. The van der Waals surface area contributed by atoms with E-state index in [1.807, 2.05) is 0 Å². The smallest absolute Gasteiger partial charge is 0.744 e. The summed E-state index contributed by atoms with van der Waals surface area (Å²) < 4.78 is 99.9. The Morgan fingerprint density at radius 1 is 0.711 bits per heavy atom. The SMILES string of the molecule is O=S(=O)([O-])c1cc(S(=O)(=O)O)c2nc(-c3ccc(-c4nc5c(S(=O)(=O)O)c[c-]cc5[nH]4)cc3)[nH]c2c1.[Na+].[Na+]. The van der Waals surface area contributed by atoms with Gasteiger partial charge in [0, 0.05) is 21.5 Å². The number of nitrogens with one attached hydrogen (secondary N) is 2. The Balaban J connectivity index is 0.00000200. The van der Waals surface area contributed by atoms with Crippen LogP contribution in [0.1, 0.15) is 0 Å². The summed E-state index contributed by atoms with van der Waals surface area (Å²) in [5.74, 6) is 0.388. The number of hydrogen-bond acceptors (Lipinski definition) is 9. The van der Waals surface area contributed by atoms with Gasteiger partial charge in [0.2, 0.25) is 10.1 Å². The molecule has 0 aliphatic rings. The van der Waals surface area contributed by atoms with Crippen molar-refractivity contribution in [3.63, 3.8) is 0 Å².